The van der Waals surface area contributed by atoms with E-state index in [2.05, 4.69) is 157 Å². The van der Waals surface area contributed by atoms with Gasteiger partial charge in [-0.3, -0.25) is 0 Å². The van der Waals surface area contributed by atoms with E-state index in [0.29, 0.717) is 0 Å². The van der Waals surface area contributed by atoms with Crippen molar-refractivity contribution in [2.75, 3.05) is 4.90 Å². The van der Waals surface area contributed by atoms with Gasteiger partial charge in [0, 0.05) is 57.4 Å². The number of hydrogen-bond donors (Lipinski definition) is 0. The third-order valence-electron chi connectivity index (χ3n) is 9.20. The van der Waals surface area contributed by atoms with Gasteiger partial charge in [0.25, 0.3) is 0 Å². The van der Waals surface area contributed by atoms with Gasteiger partial charge in [-0.2, -0.15) is 0 Å². The Bertz CT molecular complexity index is 2670. The minimum Gasteiger partial charge on any atom is -0.310 e. The zero-order valence-corrected chi connectivity index (χ0v) is 25.8. The van der Waals surface area contributed by atoms with E-state index in [9.17, 15) is 0 Å². The van der Waals surface area contributed by atoms with E-state index < -0.39 is 0 Å². The standard InChI is InChI=1S/C42H25NS2/c1-2-8-32-26(7-1)13-14-27-15-16-28-23-29(17-20-33(28)42(27)32)43(30-18-21-40-36(24-30)34-9-3-5-11-38(34)44-40)31-19-22-41-37(25-31)35-10-4-6-12-39(35)45-41/h1-25H. The first kappa shape index (κ1) is 25.1. The van der Waals surface area contributed by atoms with E-state index in [-0.39, 0.29) is 0 Å². The van der Waals surface area contributed by atoms with Crippen LogP contribution >= 0.6 is 22.7 Å². The average molecular weight is 608 g/mol. The van der Waals surface area contributed by atoms with Gasteiger partial charge in [-0.05, 0) is 93.0 Å². The van der Waals surface area contributed by atoms with Gasteiger partial charge in [-0.25, -0.2) is 0 Å². The molecule has 210 valence electrons. The number of benzene rings is 8. The third kappa shape index (κ3) is 3.85. The fraction of sp³-hybridized carbons (Fsp3) is 0. The van der Waals surface area contributed by atoms with Gasteiger partial charge in [-0.1, -0.05) is 91.0 Å². The van der Waals surface area contributed by atoms with Gasteiger partial charge in [-0.15, -0.1) is 22.7 Å². The molecule has 10 rings (SSSR count). The van der Waals surface area contributed by atoms with Crippen LogP contribution in [0, 0.1) is 0 Å². The molecule has 2 aromatic heterocycles. The van der Waals surface area contributed by atoms with Crippen molar-refractivity contribution in [3.63, 3.8) is 0 Å². The van der Waals surface area contributed by atoms with Crippen LogP contribution in [0.5, 0.6) is 0 Å². The zero-order chi connectivity index (χ0) is 29.5. The summed E-state index contributed by atoms with van der Waals surface area (Å²) in [5.41, 5.74) is 3.48. The predicted molar refractivity (Wildman–Crippen MR) is 199 cm³/mol. The number of thiophene rings is 2. The summed E-state index contributed by atoms with van der Waals surface area (Å²) in [7, 11) is 0. The fourth-order valence-corrected chi connectivity index (χ4v) is 9.29. The average Bonchev–Trinajstić information content (AvgIpc) is 3.66. The second-order valence-corrected chi connectivity index (χ2v) is 13.9. The highest BCUT2D eigenvalue weighted by Crippen LogP contribution is 2.44. The summed E-state index contributed by atoms with van der Waals surface area (Å²) < 4.78 is 5.28. The molecule has 45 heavy (non-hydrogen) atoms. The van der Waals surface area contributed by atoms with Crippen molar-refractivity contribution >= 4 is 112 Å². The molecule has 0 radical (unpaired) electrons. The van der Waals surface area contributed by atoms with Gasteiger partial charge in [0.1, 0.15) is 0 Å². The summed E-state index contributed by atoms with van der Waals surface area (Å²) in [6.07, 6.45) is 0. The van der Waals surface area contributed by atoms with Crippen molar-refractivity contribution in [3.05, 3.63) is 152 Å². The second-order valence-electron chi connectivity index (χ2n) is 11.7. The lowest BCUT2D eigenvalue weighted by molar-refractivity contribution is 1.30. The Labute approximate surface area is 267 Å². The van der Waals surface area contributed by atoms with Gasteiger partial charge in [0.2, 0.25) is 0 Å². The van der Waals surface area contributed by atoms with Crippen molar-refractivity contribution in [1.29, 1.82) is 0 Å². The van der Waals surface area contributed by atoms with E-state index >= 15 is 0 Å². The van der Waals surface area contributed by atoms with Crippen molar-refractivity contribution in [1.82, 2.24) is 0 Å². The second kappa shape index (κ2) is 9.64. The van der Waals surface area contributed by atoms with Crippen molar-refractivity contribution in [2.24, 2.45) is 0 Å². The summed E-state index contributed by atoms with van der Waals surface area (Å²) in [5.74, 6) is 0. The van der Waals surface area contributed by atoms with Crippen LogP contribution in [0.1, 0.15) is 0 Å². The highest BCUT2D eigenvalue weighted by atomic mass is 32.1. The summed E-state index contributed by atoms with van der Waals surface area (Å²) in [6, 6.07) is 56.1. The topological polar surface area (TPSA) is 3.24 Å². The Balaban J connectivity index is 1.24. The molecule has 0 aliphatic carbocycles. The quantitative estimate of drug-likeness (QED) is 0.181. The van der Waals surface area contributed by atoms with Gasteiger partial charge < -0.3 is 4.90 Å². The Morgan fingerprint density at radius 2 is 0.778 bits per heavy atom. The first-order valence-electron chi connectivity index (χ1n) is 15.3. The Morgan fingerprint density at radius 1 is 0.311 bits per heavy atom. The zero-order valence-electron chi connectivity index (χ0n) is 24.2. The van der Waals surface area contributed by atoms with Crippen molar-refractivity contribution in [3.8, 4) is 0 Å². The molecular weight excluding hydrogens is 583 g/mol. The molecule has 0 spiro atoms. The lowest BCUT2D eigenvalue weighted by Gasteiger charge is -2.26. The number of anilines is 3. The Morgan fingerprint density at radius 3 is 1.44 bits per heavy atom. The number of fused-ring (bicyclic) bond motifs is 11. The summed E-state index contributed by atoms with van der Waals surface area (Å²) >= 11 is 3.73. The van der Waals surface area contributed by atoms with Crippen LogP contribution in [0.15, 0.2) is 152 Å². The summed E-state index contributed by atoms with van der Waals surface area (Å²) in [6.45, 7) is 0. The maximum atomic E-state index is 2.44. The van der Waals surface area contributed by atoms with Crippen LogP contribution in [0.2, 0.25) is 0 Å². The van der Waals surface area contributed by atoms with Crippen LogP contribution < -0.4 is 4.90 Å². The Kier molecular flexibility index (Phi) is 5.39. The van der Waals surface area contributed by atoms with Crippen molar-refractivity contribution in [2.45, 2.75) is 0 Å². The largest absolute Gasteiger partial charge is 0.310 e. The first-order chi connectivity index (χ1) is 22.3. The minimum absolute atomic E-state index is 1.15. The molecule has 0 bridgehead atoms. The summed E-state index contributed by atoms with van der Waals surface area (Å²) in [5, 5.41) is 12.9. The lowest BCUT2D eigenvalue weighted by atomic mass is 9.96. The molecule has 0 aliphatic rings. The van der Waals surface area contributed by atoms with Crippen LogP contribution in [0.4, 0.5) is 17.1 Å². The van der Waals surface area contributed by atoms with Crippen LogP contribution in [-0.2, 0) is 0 Å². The molecule has 3 heteroatoms. The van der Waals surface area contributed by atoms with E-state index in [4.69, 9.17) is 0 Å². The molecule has 0 N–H and O–H groups in total. The van der Waals surface area contributed by atoms with Gasteiger partial charge >= 0.3 is 0 Å². The summed E-state index contributed by atoms with van der Waals surface area (Å²) in [4.78, 5) is 2.44. The normalized spacial score (nSPS) is 12.0. The van der Waals surface area contributed by atoms with E-state index in [0.717, 1.165) is 17.1 Å². The molecule has 2 heterocycles. The molecule has 0 saturated heterocycles. The predicted octanol–water partition coefficient (Wildman–Crippen LogP) is 13.4. The molecule has 1 nitrogen and oxygen atoms in total. The fourth-order valence-electron chi connectivity index (χ4n) is 7.12. The van der Waals surface area contributed by atoms with Gasteiger partial charge in [0.05, 0.1) is 0 Å². The highest BCUT2D eigenvalue weighted by Gasteiger charge is 2.18. The number of hydrogen-bond acceptors (Lipinski definition) is 3. The monoisotopic (exact) mass is 607 g/mol. The van der Waals surface area contributed by atoms with Gasteiger partial charge in [0.15, 0.2) is 0 Å². The van der Waals surface area contributed by atoms with Crippen molar-refractivity contribution < 1.29 is 0 Å². The SMILES string of the molecule is c1ccc2c(c1)ccc1ccc3cc(N(c4ccc5sc6ccccc6c5c4)c4ccc5sc6ccccc6c5c4)ccc3c12. The molecule has 0 unspecified atom stereocenters. The highest BCUT2D eigenvalue weighted by molar-refractivity contribution is 7.26. The smallest absolute Gasteiger partial charge is 0.0468 e. The van der Waals surface area contributed by atoms with Crippen LogP contribution in [0.25, 0.3) is 72.7 Å². The molecule has 0 aliphatic heterocycles. The maximum absolute atomic E-state index is 2.44. The van der Waals surface area contributed by atoms with Crippen LogP contribution in [0.3, 0.4) is 0 Å². The van der Waals surface area contributed by atoms with E-state index in [1.54, 1.807) is 0 Å². The minimum atomic E-state index is 1.15. The molecule has 10 aromatic rings. The molecule has 0 amide bonds. The molecule has 0 atom stereocenters. The molecule has 0 fully saturated rings. The molecule has 8 aromatic carbocycles. The molecular formula is C42H25NS2. The number of nitrogens with zero attached hydrogens (tertiary/aromatic N) is 1. The molecule has 0 saturated carbocycles. The lowest BCUT2D eigenvalue weighted by Crippen LogP contribution is -2.09. The number of rotatable bonds is 3. The van der Waals surface area contributed by atoms with E-state index in [1.165, 1.54) is 72.7 Å². The third-order valence-corrected chi connectivity index (χ3v) is 11.5. The van der Waals surface area contributed by atoms with Crippen LogP contribution in [-0.4, -0.2) is 0 Å². The Hall–Kier alpha value is -5.22. The maximum Gasteiger partial charge on any atom is 0.0468 e. The first-order valence-corrected chi connectivity index (χ1v) is 16.9. The van der Waals surface area contributed by atoms with E-state index in [1.807, 2.05) is 22.7 Å².